The van der Waals surface area contributed by atoms with Gasteiger partial charge in [0, 0.05) is 31.8 Å². The average Bonchev–Trinajstić information content (AvgIpc) is 3.31. The number of nitriles is 1. The molecule has 3 heterocycles. The van der Waals surface area contributed by atoms with E-state index in [1.54, 1.807) is 0 Å². The van der Waals surface area contributed by atoms with Crippen LogP contribution in [0.25, 0.3) is 5.69 Å². The summed E-state index contributed by atoms with van der Waals surface area (Å²) in [5.41, 5.74) is 2.30. The van der Waals surface area contributed by atoms with Gasteiger partial charge in [0.25, 0.3) is 0 Å². The van der Waals surface area contributed by atoms with Crippen molar-refractivity contribution in [2.75, 3.05) is 31.7 Å². The Morgan fingerprint density at radius 1 is 1.20 bits per heavy atom. The minimum atomic E-state index is -0.477. The van der Waals surface area contributed by atoms with Crippen molar-refractivity contribution in [3.63, 3.8) is 0 Å². The molecule has 2 fully saturated rings. The van der Waals surface area contributed by atoms with Crippen LogP contribution in [-0.4, -0.2) is 42.8 Å². The summed E-state index contributed by atoms with van der Waals surface area (Å²) in [6.45, 7) is 2.52. The summed E-state index contributed by atoms with van der Waals surface area (Å²) in [6.07, 6.45) is 5.39. The molecule has 2 aliphatic heterocycles. The Balaban J connectivity index is 1.45. The second-order valence-electron chi connectivity index (χ2n) is 6.36. The number of nitrogens with zero attached hydrogens (tertiary/aromatic N) is 2. The normalized spacial score (nSPS) is 22.0. The molecule has 2 aromatic rings. The molecule has 0 aliphatic carbocycles. The smallest absolute Gasteiger partial charge is 0.173 e. The fraction of sp³-hybridized carbons (Fsp3) is 0.421. The molecular weight excluding hydrogens is 318 g/mol. The number of nitrogens with one attached hydrogen (secondary N) is 1. The quantitative estimate of drug-likeness (QED) is 0.927. The van der Waals surface area contributed by atoms with E-state index in [-0.39, 0.29) is 6.10 Å². The van der Waals surface area contributed by atoms with Crippen LogP contribution in [0.5, 0.6) is 0 Å². The molecule has 1 aromatic carbocycles. The highest BCUT2D eigenvalue weighted by Crippen LogP contribution is 2.33. The van der Waals surface area contributed by atoms with Crippen LogP contribution in [0, 0.1) is 11.3 Å². The number of ether oxygens (including phenoxy) is 3. The lowest BCUT2D eigenvalue weighted by Crippen LogP contribution is -2.38. The maximum Gasteiger partial charge on any atom is 0.173 e. The molecule has 0 amide bonds. The van der Waals surface area contributed by atoms with E-state index in [2.05, 4.69) is 11.4 Å². The van der Waals surface area contributed by atoms with Gasteiger partial charge in [-0.1, -0.05) is 6.07 Å². The molecule has 0 saturated carbocycles. The van der Waals surface area contributed by atoms with E-state index in [9.17, 15) is 5.26 Å². The van der Waals surface area contributed by atoms with Gasteiger partial charge < -0.3 is 24.1 Å². The van der Waals surface area contributed by atoms with E-state index in [0.29, 0.717) is 31.9 Å². The zero-order chi connectivity index (χ0) is 17.1. The Kier molecular flexibility index (Phi) is 4.45. The molecule has 4 rings (SSSR count). The zero-order valence-electron chi connectivity index (χ0n) is 14.0. The molecule has 6 nitrogen and oxygen atoms in total. The van der Waals surface area contributed by atoms with Crippen LogP contribution in [0.4, 0.5) is 5.69 Å². The van der Waals surface area contributed by atoms with Crippen LogP contribution in [0.15, 0.2) is 42.7 Å². The van der Waals surface area contributed by atoms with Crippen LogP contribution < -0.4 is 5.32 Å². The molecule has 0 bridgehead atoms. The van der Waals surface area contributed by atoms with Crippen molar-refractivity contribution in [1.29, 1.82) is 5.26 Å². The Morgan fingerprint density at radius 3 is 2.76 bits per heavy atom. The molecule has 0 radical (unpaired) electrons. The SMILES string of the molecule is N#Cc1c(NCC2COC3(CCOCC3)O2)cccc1-n1cccc1. The van der Waals surface area contributed by atoms with E-state index < -0.39 is 5.79 Å². The molecule has 25 heavy (non-hydrogen) atoms. The number of benzene rings is 1. The average molecular weight is 339 g/mol. The van der Waals surface area contributed by atoms with Crippen LogP contribution in [0.3, 0.4) is 0 Å². The van der Waals surface area contributed by atoms with Gasteiger partial charge in [0.15, 0.2) is 5.79 Å². The van der Waals surface area contributed by atoms with Gasteiger partial charge in [0.1, 0.15) is 12.2 Å². The van der Waals surface area contributed by atoms with Gasteiger partial charge in [0.2, 0.25) is 0 Å². The van der Waals surface area contributed by atoms with Crippen LogP contribution >= 0.6 is 0 Å². The Bertz CT molecular complexity index is 761. The van der Waals surface area contributed by atoms with Crippen molar-refractivity contribution >= 4 is 5.69 Å². The Morgan fingerprint density at radius 2 is 2.00 bits per heavy atom. The van der Waals surface area contributed by atoms with E-state index >= 15 is 0 Å². The molecule has 2 aliphatic rings. The number of hydrogen-bond acceptors (Lipinski definition) is 5. The van der Waals surface area contributed by atoms with Gasteiger partial charge in [0.05, 0.1) is 36.8 Å². The first-order valence-electron chi connectivity index (χ1n) is 8.59. The number of anilines is 1. The predicted molar refractivity (Wildman–Crippen MR) is 92.6 cm³/mol. The van der Waals surface area contributed by atoms with Crippen LogP contribution in [0.1, 0.15) is 18.4 Å². The Hall–Kier alpha value is -2.33. The summed E-state index contributed by atoms with van der Waals surface area (Å²) < 4.78 is 19.4. The van der Waals surface area contributed by atoms with Gasteiger partial charge in [-0.25, -0.2) is 0 Å². The molecule has 1 spiro atoms. The maximum atomic E-state index is 9.62. The topological polar surface area (TPSA) is 68.4 Å². The largest absolute Gasteiger partial charge is 0.381 e. The van der Waals surface area contributed by atoms with Gasteiger partial charge >= 0.3 is 0 Å². The fourth-order valence-corrected chi connectivity index (χ4v) is 3.40. The molecule has 1 aromatic heterocycles. The Labute approximate surface area is 146 Å². The van der Waals surface area contributed by atoms with Gasteiger partial charge in [-0.15, -0.1) is 0 Å². The van der Waals surface area contributed by atoms with Crippen LogP contribution in [0.2, 0.25) is 0 Å². The zero-order valence-corrected chi connectivity index (χ0v) is 14.0. The van der Waals surface area contributed by atoms with E-state index in [1.807, 2.05) is 47.3 Å². The first-order chi connectivity index (χ1) is 12.3. The van der Waals surface area contributed by atoms with E-state index in [0.717, 1.165) is 24.2 Å². The van der Waals surface area contributed by atoms with Crippen molar-refractivity contribution in [2.45, 2.75) is 24.7 Å². The maximum absolute atomic E-state index is 9.62. The third-order valence-corrected chi connectivity index (χ3v) is 4.73. The molecule has 1 unspecified atom stereocenters. The van der Waals surface area contributed by atoms with Gasteiger partial charge in [-0.3, -0.25) is 0 Å². The molecule has 2 saturated heterocycles. The third-order valence-electron chi connectivity index (χ3n) is 4.73. The standard InChI is InChI=1S/C19H21N3O3/c20-12-16-17(4-3-5-18(16)22-8-1-2-9-22)21-13-15-14-24-19(25-15)6-10-23-11-7-19/h1-5,8-9,15,21H,6-7,10-11,13-14H2. The lowest BCUT2D eigenvalue weighted by Gasteiger charge is -2.31. The van der Waals surface area contributed by atoms with E-state index in [1.165, 1.54) is 0 Å². The minimum absolute atomic E-state index is 0.0279. The summed E-state index contributed by atoms with van der Waals surface area (Å²) in [6, 6.07) is 12.0. The monoisotopic (exact) mass is 339 g/mol. The van der Waals surface area contributed by atoms with Crippen molar-refractivity contribution < 1.29 is 14.2 Å². The predicted octanol–water partition coefficient (Wildman–Crippen LogP) is 2.68. The molecule has 6 heteroatoms. The second-order valence-corrected chi connectivity index (χ2v) is 6.36. The summed E-state index contributed by atoms with van der Waals surface area (Å²) in [5.74, 6) is -0.477. The highest BCUT2D eigenvalue weighted by Gasteiger charge is 2.42. The summed E-state index contributed by atoms with van der Waals surface area (Å²) in [7, 11) is 0. The molecule has 130 valence electrons. The first kappa shape index (κ1) is 16.2. The van der Waals surface area contributed by atoms with Crippen molar-refractivity contribution in [3.8, 4) is 11.8 Å². The van der Waals surface area contributed by atoms with Crippen LogP contribution in [-0.2, 0) is 14.2 Å². The number of rotatable bonds is 4. The number of aromatic nitrogens is 1. The van der Waals surface area contributed by atoms with Crippen molar-refractivity contribution in [1.82, 2.24) is 4.57 Å². The fourth-order valence-electron chi connectivity index (χ4n) is 3.40. The highest BCUT2D eigenvalue weighted by molar-refractivity contribution is 5.66. The molecular formula is C19H21N3O3. The molecule has 1 N–H and O–H groups in total. The number of hydrogen-bond donors (Lipinski definition) is 1. The van der Waals surface area contributed by atoms with Gasteiger partial charge in [-0.05, 0) is 24.3 Å². The molecule has 1 atom stereocenters. The second kappa shape index (κ2) is 6.89. The third kappa shape index (κ3) is 3.27. The lowest BCUT2D eigenvalue weighted by atomic mass is 10.1. The summed E-state index contributed by atoms with van der Waals surface area (Å²) in [4.78, 5) is 0. The summed E-state index contributed by atoms with van der Waals surface area (Å²) >= 11 is 0. The van der Waals surface area contributed by atoms with E-state index in [4.69, 9.17) is 14.2 Å². The summed E-state index contributed by atoms with van der Waals surface area (Å²) in [5, 5.41) is 13.0. The van der Waals surface area contributed by atoms with Crippen molar-refractivity contribution in [3.05, 3.63) is 48.3 Å². The van der Waals surface area contributed by atoms with Crippen molar-refractivity contribution in [2.24, 2.45) is 0 Å². The highest BCUT2D eigenvalue weighted by atomic mass is 16.7. The first-order valence-corrected chi connectivity index (χ1v) is 8.59. The minimum Gasteiger partial charge on any atom is -0.381 e. The lowest BCUT2D eigenvalue weighted by molar-refractivity contribution is -0.209. The van der Waals surface area contributed by atoms with Gasteiger partial charge in [-0.2, -0.15) is 5.26 Å².